The van der Waals surface area contributed by atoms with Crippen LogP contribution in [0.15, 0.2) is 83.4 Å². The maximum atomic E-state index is 9.49. The highest BCUT2D eigenvalue weighted by atomic mass is 16.3. The van der Waals surface area contributed by atoms with Crippen LogP contribution in [0.1, 0.15) is 11.1 Å². The molecule has 0 aliphatic rings. The molecule has 3 heteroatoms. The Labute approximate surface area is 169 Å². The number of nitrogens with zero attached hydrogens (tertiary/aromatic N) is 2. The Morgan fingerprint density at radius 1 is 0.828 bits per heavy atom. The van der Waals surface area contributed by atoms with Crippen LogP contribution in [0.3, 0.4) is 0 Å². The molecule has 5 aromatic rings. The first kappa shape index (κ1) is 17.2. The van der Waals surface area contributed by atoms with Crippen molar-refractivity contribution in [3.8, 4) is 28.5 Å². The Morgan fingerprint density at radius 2 is 1.62 bits per heavy atom. The van der Waals surface area contributed by atoms with Crippen molar-refractivity contribution < 1.29 is 8.98 Å². The number of benzene rings is 3. The molecule has 3 aromatic carbocycles. The molecule has 0 bridgehead atoms. The van der Waals surface area contributed by atoms with Crippen LogP contribution in [-0.2, 0) is 7.05 Å². The van der Waals surface area contributed by atoms with E-state index in [1.54, 1.807) is 6.07 Å². The Balaban J connectivity index is 1.84. The highest BCUT2D eigenvalue weighted by Crippen LogP contribution is 2.38. The smallest absolute Gasteiger partial charge is 0.216 e. The first-order valence-corrected chi connectivity index (χ1v) is 9.58. The number of aryl methyl sites for hydroxylation is 2. The van der Waals surface area contributed by atoms with E-state index in [0.29, 0.717) is 11.1 Å². The Hall–Kier alpha value is -3.90. The van der Waals surface area contributed by atoms with Gasteiger partial charge in [-0.2, -0.15) is 5.26 Å². The summed E-state index contributed by atoms with van der Waals surface area (Å²) < 4.78 is 8.42. The summed E-state index contributed by atoms with van der Waals surface area (Å²) in [4.78, 5) is 0. The lowest BCUT2D eigenvalue weighted by atomic mass is 9.98. The fourth-order valence-corrected chi connectivity index (χ4v) is 4.00. The van der Waals surface area contributed by atoms with Crippen molar-refractivity contribution in [2.24, 2.45) is 7.05 Å². The van der Waals surface area contributed by atoms with Crippen molar-refractivity contribution in [3.05, 3.63) is 90.1 Å². The normalized spacial score (nSPS) is 11.1. The van der Waals surface area contributed by atoms with E-state index >= 15 is 0 Å². The van der Waals surface area contributed by atoms with Crippen molar-refractivity contribution in [3.63, 3.8) is 0 Å². The number of hydrogen-bond donors (Lipinski definition) is 0. The Morgan fingerprint density at radius 3 is 2.41 bits per heavy atom. The largest absolute Gasteiger partial charge is 0.454 e. The number of aromatic nitrogens is 1. The molecule has 2 heterocycles. The first-order chi connectivity index (χ1) is 14.2. The van der Waals surface area contributed by atoms with Crippen LogP contribution in [0.2, 0.25) is 0 Å². The maximum absolute atomic E-state index is 9.49. The number of para-hydroxylation sites is 1. The molecule has 0 atom stereocenters. The molecule has 0 amide bonds. The van der Waals surface area contributed by atoms with Gasteiger partial charge in [0.25, 0.3) is 0 Å². The number of fused-ring (bicyclic) bond motifs is 3. The molecular weight excluding hydrogens is 356 g/mol. The van der Waals surface area contributed by atoms with Crippen molar-refractivity contribution >= 4 is 21.9 Å². The van der Waals surface area contributed by atoms with Gasteiger partial charge in [0.15, 0.2) is 11.8 Å². The monoisotopic (exact) mass is 375 g/mol. The molecule has 138 valence electrons. The molecular formula is C26H19N2O+. The van der Waals surface area contributed by atoms with E-state index < -0.39 is 0 Å². The van der Waals surface area contributed by atoms with Gasteiger partial charge in [-0.1, -0.05) is 54.6 Å². The SMILES string of the molecule is Cc1ccc2c(oc3c(C#N)cccc32)c1-c1cc(-c2ccccc2)cc[n+]1C. The minimum Gasteiger partial charge on any atom is -0.454 e. The van der Waals surface area contributed by atoms with Crippen LogP contribution >= 0.6 is 0 Å². The van der Waals surface area contributed by atoms with Crippen LogP contribution in [0, 0.1) is 18.3 Å². The molecule has 0 aliphatic carbocycles. The first-order valence-electron chi connectivity index (χ1n) is 9.58. The molecule has 0 fully saturated rings. The van der Waals surface area contributed by atoms with Gasteiger partial charge in [-0.3, -0.25) is 0 Å². The van der Waals surface area contributed by atoms with E-state index in [9.17, 15) is 5.26 Å². The second-order valence-electron chi connectivity index (χ2n) is 7.31. The van der Waals surface area contributed by atoms with Crippen LogP contribution in [0.5, 0.6) is 0 Å². The van der Waals surface area contributed by atoms with Crippen molar-refractivity contribution in [1.29, 1.82) is 5.26 Å². The second-order valence-corrected chi connectivity index (χ2v) is 7.31. The van der Waals surface area contributed by atoms with Gasteiger partial charge in [-0.25, -0.2) is 4.57 Å². The van der Waals surface area contributed by atoms with Gasteiger partial charge < -0.3 is 4.42 Å². The Kier molecular flexibility index (Phi) is 3.93. The molecule has 29 heavy (non-hydrogen) atoms. The molecule has 3 nitrogen and oxygen atoms in total. The molecule has 0 aliphatic heterocycles. The standard InChI is InChI=1S/C26H19N2O/c1-17-11-12-22-21-10-6-9-20(16-27)25(21)29-26(22)24(17)23-15-19(13-14-28(23)2)18-7-4-3-5-8-18/h3-15H,1-2H3/q+1. The summed E-state index contributed by atoms with van der Waals surface area (Å²) in [6.07, 6.45) is 2.08. The molecule has 0 spiro atoms. The van der Waals surface area contributed by atoms with Gasteiger partial charge in [-0.05, 0) is 29.7 Å². The third kappa shape index (κ3) is 2.69. The molecule has 5 rings (SSSR count). The van der Waals surface area contributed by atoms with Crippen LogP contribution in [0.25, 0.3) is 44.3 Å². The summed E-state index contributed by atoms with van der Waals surface area (Å²) in [5.74, 6) is 0. The number of furan rings is 1. The van der Waals surface area contributed by atoms with Crippen molar-refractivity contribution in [1.82, 2.24) is 0 Å². The zero-order chi connectivity index (χ0) is 20.0. The van der Waals surface area contributed by atoms with E-state index in [1.807, 2.05) is 25.2 Å². The number of hydrogen-bond acceptors (Lipinski definition) is 2. The third-order valence-electron chi connectivity index (χ3n) is 5.51. The van der Waals surface area contributed by atoms with Crippen LogP contribution < -0.4 is 4.57 Å². The van der Waals surface area contributed by atoms with Gasteiger partial charge in [0.05, 0.1) is 11.1 Å². The van der Waals surface area contributed by atoms with Gasteiger partial charge in [0.2, 0.25) is 5.69 Å². The molecule has 0 unspecified atom stereocenters. The highest BCUT2D eigenvalue weighted by Gasteiger charge is 2.22. The van der Waals surface area contributed by atoms with Crippen molar-refractivity contribution in [2.75, 3.05) is 0 Å². The zero-order valence-corrected chi connectivity index (χ0v) is 16.3. The van der Waals surface area contributed by atoms with Gasteiger partial charge in [0.1, 0.15) is 18.7 Å². The van der Waals surface area contributed by atoms with Gasteiger partial charge in [-0.15, -0.1) is 0 Å². The minimum absolute atomic E-state index is 0.560. The Bertz CT molecular complexity index is 1420. The quantitative estimate of drug-likeness (QED) is 0.359. The third-order valence-corrected chi connectivity index (χ3v) is 5.51. The van der Waals surface area contributed by atoms with Crippen molar-refractivity contribution in [2.45, 2.75) is 6.92 Å². The number of pyridine rings is 1. The van der Waals surface area contributed by atoms with E-state index in [0.717, 1.165) is 38.7 Å². The van der Waals surface area contributed by atoms with E-state index in [-0.39, 0.29) is 0 Å². The fraction of sp³-hybridized carbons (Fsp3) is 0.0769. The molecule has 0 radical (unpaired) electrons. The molecule has 0 N–H and O–H groups in total. The lowest BCUT2D eigenvalue weighted by Crippen LogP contribution is -2.30. The topological polar surface area (TPSA) is 40.8 Å². The van der Waals surface area contributed by atoms with E-state index in [4.69, 9.17) is 4.42 Å². The summed E-state index contributed by atoms with van der Waals surface area (Å²) in [5.41, 5.74) is 7.64. The van der Waals surface area contributed by atoms with Gasteiger partial charge >= 0.3 is 0 Å². The maximum Gasteiger partial charge on any atom is 0.216 e. The highest BCUT2D eigenvalue weighted by molar-refractivity contribution is 6.11. The van der Waals surface area contributed by atoms with Gasteiger partial charge in [0, 0.05) is 22.9 Å². The average Bonchev–Trinajstić information content (AvgIpc) is 3.13. The summed E-state index contributed by atoms with van der Waals surface area (Å²) in [7, 11) is 2.05. The predicted molar refractivity (Wildman–Crippen MR) is 115 cm³/mol. The second kappa shape index (κ2) is 6.61. The molecule has 0 saturated heterocycles. The number of rotatable bonds is 2. The van der Waals surface area contributed by atoms with Crippen LogP contribution in [0.4, 0.5) is 0 Å². The summed E-state index contributed by atoms with van der Waals surface area (Å²) in [6.45, 7) is 2.10. The van der Waals surface area contributed by atoms with E-state index in [2.05, 4.69) is 72.3 Å². The van der Waals surface area contributed by atoms with E-state index in [1.165, 1.54) is 5.56 Å². The predicted octanol–water partition coefficient (Wildman–Crippen LogP) is 5.92. The zero-order valence-electron chi connectivity index (χ0n) is 16.3. The lowest BCUT2D eigenvalue weighted by molar-refractivity contribution is -0.660. The average molecular weight is 375 g/mol. The summed E-state index contributed by atoms with van der Waals surface area (Å²) in [6, 6.07) is 26.9. The summed E-state index contributed by atoms with van der Waals surface area (Å²) in [5, 5.41) is 11.5. The lowest BCUT2D eigenvalue weighted by Gasteiger charge is -2.08. The minimum atomic E-state index is 0.560. The fourth-order valence-electron chi connectivity index (χ4n) is 4.00. The molecule has 0 saturated carbocycles. The van der Waals surface area contributed by atoms with Crippen LogP contribution in [-0.4, -0.2) is 0 Å². The molecule has 2 aromatic heterocycles. The summed E-state index contributed by atoms with van der Waals surface area (Å²) >= 11 is 0. The number of nitriles is 1.